The first-order chi connectivity index (χ1) is 13.4. The number of hydrogen-bond donors (Lipinski definition) is 2. The Morgan fingerprint density at radius 1 is 1.32 bits per heavy atom. The molecular weight excluding hydrogens is 360 g/mol. The second-order valence-electron chi connectivity index (χ2n) is 7.25. The summed E-state index contributed by atoms with van der Waals surface area (Å²) in [6, 6.07) is 1.91. The zero-order valence-corrected chi connectivity index (χ0v) is 17.1. The van der Waals surface area contributed by atoms with E-state index in [1.165, 1.54) is 0 Å². The molecule has 0 saturated carbocycles. The van der Waals surface area contributed by atoms with Crippen molar-refractivity contribution < 1.29 is 14.3 Å². The number of aromatic amines is 1. The van der Waals surface area contributed by atoms with Crippen LogP contribution in [0.3, 0.4) is 0 Å². The molecule has 0 unspecified atom stereocenters. The third kappa shape index (κ3) is 3.66. The summed E-state index contributed by atoms with van der Waals surface area (Å²) in [5, 5.41) is 9.76. The Hall–Kier alpha value is -2.68. The molecule has 3 heterocycles. The Bertz CT molecular complexity index is 871. The molecule has 3 rings (SSSR count). The van der Waals surface area contributed by atoms with E-state index < -0.39 is 0 Å². The number of nitrogens with zero attached hydrogens (tertiary/aromatic N) is 4. The number of nitrogens with one attached hydrogen (secondary N) is 2. The molecule has 0 aromatic carbocycles. The average Bonchev–Trinajstić information content (AvgIpc) is 3.37. The maximum absolute atomic E-state index is 13.2. The molecule has 2 N–H and O–H groups in total. The van der Waals surface area contributed by atoms with Crippen LogP contribution in [0.2, 0.25) is 0 Å². The summed E-state index contributed by atoms with van der Waals surface area (Å²) >= 11 is 0. The van der Waals surface area contributed by atoms with Gasteiger partial charge in [0, 0.05) is 45.2 Å². The maximum atomic E-state index is 13.2. The highest BCUT2D eigenvalue weighted by Crippen LogP contribution is 2.32. The van der Waals surface area contributed by atoms with E-state index in [4.69, 9.17) is 4.74 Å². The number of aromatic nitrogens is 4. The van der Waals surface area contributed by atoms with Crippen LogP contribution in [-0.4, -0.2) is 70.3 Å². The third-order valence-electron chi connectivity index (χ3n) is 5.46. The van der Waals surface area contributed by atoms with Gasteiger partial charge in [-0.15, -0.1) is 0 Å². The predicted octanol–water partition coefficient (Wildman–Crippen LogP) is 0.780. The quantitative estimate of drug-likeness (QED) is 0.761. The number of rotatable bonds is 6. The smallest absolute Gasteiger partial charge is 0.255 e. The van der Waals surface area contributed by atoms with Crippen LogP contribution in [0, 0.1) is 26.7 Å². The Balaban J connectivity index is 1.85. The molecule has 2 amide bonds. The molecule has 0 aliphatic carbocycles. The molecule has 2 aromatic rings. The molecule has 1 fully saturated rings. The fraction of sp³-hybridized carbons (Fsp3) is 0.579. The van der Waals surface area contributed by atoms with Crippen molar-refractivity contribution in [1.82, 2.24) is 30.0 Å². The highest BCUT2D eigenvalue weighted by molar-refractivity contribution is 5.96. The second kappa shape index (κ2) is 8.14. The summed E-state index contributed by atoms with van der Waals surface area (Å²) in [7, 11) is 3.27. The molecule has 1 aliphatic rings. The highest BCUT2D eigenvalue weighted by Gasteiger charge is 2.42. The predicted molar refractivity (Wildman–Crippen MR) is 103 cm³/mol. The largest absolute Gasteiger partial charge is 0.383 e. The van der Waals surface area contributed by atoms with Crippen LogP contribution >= 0.6 is 0 Å². The minimum atomic E-state index is -0.374. The zero-order valence-electron chi connectivity index (χ0n) is 17.1. The number of H-pyrrole nitrogens is 1. The van der Waals surface area contributed by atoms with Gasteiger partial charge >= 0.3 is 0 Å². The van der Waals surface area contributed by atoms with Gasteiger partial charge < -0.3 is 19.5 Å². The lowest BCUT2D eigenvalue weighted by molar-refractivity contribution is -0.124. The number of carbonyl (C=O) groups excluding carboxylic acids is 2. The number of amides is 2. The zero-order chi connectivity index (χ0) is 20.4. The first-order valence-electron chi connectivity index (χ1n) is 9.42. The number of hydrogen-bond acceptors (Lipinski definition) is 5. The molecule has 0 radical (unpaired) electrons. The first-order valence-corrected chi connectivity index (χ1v) is 9.42. The van der Waals surface area contributed by atoms with Crippen LogP contribution in [0.5, 0.6) is 0 Å². The lowest BCUT2D eigenvalue weighted by Crippen LogP contribution is -2.34. The Kier molecular flexibility index (Phi) is 5.83. The minimum absolute atomic E-state index is 0.0690. The normalized spacial score (nSPS) is 19.2. The van der Waals surface area contributed by atoms with Gasteiger partial charge in [-0.2, -0.15) is 5.10 Å². The van der Waals surface area contributed by atoms with Crippen molar-refractivity contribution in [2.75, 3.05) is 33.9 Å². The van der Waals surface area contributed by atoms with E-state index in [1.807, 2.05) is 26.8 Å². The Morgan fingerprint density at radius 2 is 2.07 bits per heavy atom. The van der Waals surface area contributed by atoms with Crippen LogP contribution in [0.15, 0.2) is 6.07 Å². The van der Waals surface area contributed by atoms with E-state index in [-0.39, 0.29) is 23.7 Å². The van der Waals surface area contributed by atoms with Crippen molar-refractivity contribution in [2.24, 2.45) is 5.92 Å². The number of likely N-dealkylation sites (tertiary alicyclic amines) is 1. The minimum Gasteiger partial charge on any atom is -0.383 e. The van der Waals surface area contributed by atoms with Crippen LogP contribution in [0.25, 0.3) is 0 Å². The summed E-state index contributed by atoms with van der Waals surface area (Å²) in [6.07, 6.45) is 0. The van der Waals surface area contributed by atoms with E-state index in [9.17, 15) is 9.59 Å². The molecule has 28 heavy (non-hydrogen) atoms. The first kappa shape index (κ1) is 20.1. The van der Waals surface area contributed by atoms with Crippen LogP contribution in [-0.2, 0) is 16.1 Å². The molecule has 0 bridgehead atoms. The molecule has 1 saturated heterocycles. The lowest BCUT2D eigenvalue weighted by Gasteiger charge is -2.16. The molecule has 0 spiro atoms. The van der Waals surface area contributed by atoms with Crippen molar-refractivity contribution in [1.29, 1.82) is 0 Å². The van der Waals surface area contributed by atoms with Crippen LogP contribution in [0.1, 0.15) is 39.3 Å². The van der Waals surface area contributed by atoms with Crippen molar-refractivity contribution in [3.8, 4) is 0 Å². The van der Waals surface area contributed by atoms with Gasteiger partial charge in [-0.1, -0.05) is 0 Å². The van der Waals surface area contributed by atoms with Crippen LogP contribution < -0.4 is 5.32 Å². The molecule has 9 nitrogen and oxygen atoms in total. The van der Waals surface area contributed by atoms with Gasteiger partial charge in [-0.3, -0.25) is 14.7 Å². The van der Waals surface area contributed by atoms with Gasteiger partial charge in [0.25, 0.3) is 5.91 Å². The van der Waals surface area contributed by atoms with E-state index >= 15 is 0 Å². The summed E-state index contributed by atoms with van der Waals surface area (Å²) in [5.41, 5.74) is 2.59. The maximum Gasteiger partial charge on any atom is 0.255 e. The van der Waals surface area contributed by atoms with E-state index in [0.717, 1.165) is 11.4 Å². The third-order valence-corrected chi connectivity index (χ3v) is 5.46. The van der Waals surface area contributed by atoms with Gasteiger partial charge in [0.05, 0.1) is 24.0 Å². The second-order valence-corrected chi connectivity index (χ2v) is 7.25. The van der Waals surface area contributed by atoms with Crippen molar-refractivity contribution in [2.45, 2.75) is 33.2 Å². The summed E-state index contributed by atoms with van der Waals surface area (Å²) in [6.45, 7) is 7.78. The molecule has 152 valence electrons. The van der Waals surface area contributed by atoms with Gasteiger partial charge in [0.15, 0.2) is 5.82 Å². The van der Waals surface area contributed by atoms with E-state index in [0.29, 0.717) is 43.5 Å². The number of methoxy groups -OCH3 is 1. The van der Waals surface area contributed by atoms with Crippen molar-refractivity contribution >= 4 is 11.8 Å². The van der Waals surface area contributed by atoms with Crippen molar-refractivity contribution in [3.63, 3.8) is 0 Å². The van der Waals surface area contributed by atoms with Crippen LogP contribution in [0.4, 0.5) is 0 Å². The summed E-state index contributed by atoms with van der Waals surface area (Å²) in [4.78, 5) is 31.8. The number of aryl methyl sites for hydroxylation is 2. The van der Waals surface area contributed by atoms with E-state index in [1.54, 1.807) is 19.1 Å². The van der Waals surface area contributed by atoms with Gasteiger partial charge in [0.1, 0.15) is 5.82 Å². The van der Waals surface area contributed by atoms with E-state index in [2.05, 4.69) is 25.1 Å². The average molecular weight is 388 g/mol. The number of carbonyl (C=O) groups is 2. The fourth-order valence-electron chi connectivity index (χ4n) is 3.92. The molecule has 9 heteroatoms. The summed E-state index contributed by atoms with van der Waals surface area (Å²) < 4.78 is 7.25. The van der Waals surface area contributed by atoms with Gasteiger partial charge in [0.2, 0.25) is 5.91 Å². The monoisotopic (exact) mass is 388 g/mol. The molecule has 2 atom stereocenters. The SMILES string of the molecule is CNC(=O)[C@@H]1CN(C(=O)c2cc(C)n(CCOC)c2C)C[C@H]1c1n[nH]c(C)n1. The Morgan fingerprint density at radius 3 is 2.68 bits per heavy atom. The summed E-state index contributed by atoms with van der Waals surface area (Å²) in [5.74, 6) is 0.491. The molecule has 2 aromatic heterocycles. The van der Waals surface area contributed by atoms with Gasteiger partial charge in [-0.05, 0) is 26.8 Å². The molecule has 1 aliphatic heterocycles. The van der Waals surface area contributed by atoms with Gasteiger partial charge in [-0.25, -0.2) is 4.98 Å². The molecular formula is C19H28N6O3. The van der Waals surface area contributed by atoms with Crippen molar-refractivity contribution in [3.05, 3.63) is 34.7 Å². The highest BCUT2D eigenvalue weighted by atomic mass is 16.5. The number of ether oxygens (including phenoxy) is 1. The topological polar surface area (TPSA) is 105 Å². The standard InChI is InChI=1S/C19H28N6O3/c1-11-8-14(12(2)25(11)6-7-28-5)19(27)24-9-15(16(10-24)18(26)20-4)17-21-13(3)22-23-17/h8,15-16H,6-7,9-10H2,1-5H3,(H,20,26)(H,21,22,23)/t15-,16-/m1/s1. The lowest BCUT2D eigenvalue weighted by atomic mass is 9.94. The fourth-order valence-corrected chi connectivity index (χ4v) is 3.92. The Labute approximate surface area is 164 Å².